The SMILES string of the molecule is CC[C@@]1(C)CN(C(=O)NCc2nc(C3CC3)cs2)CCO1. The Morgan fingerprint density at radius 2 is 2.43 bits per heavy atom. The van der Waals surface area contributed by atoms with Crippen LogP contribution in [-0.4, -0.2) is 41.2 Å². The molecular weight excluding hydrogens is 286 g/mol. The van der Waals surface area contributed by atoms with Crippen LogP contribution in [0.1, 0.15) is 49.7 Å². The predicted molar refractivity (Wildman–Crippen MR) is 82.5 cm³/mol. The highest BCUT2D eigenvalue weighted by Crippen LogP contribution is 2.40. The monoisotopic (exact) mass is 309 g/mol. The van der Waals surface area contributed by atoms with E-state index in [-0.39, 0.29) is 11.6 Å². The number of amides is 2. The molecule has 1 aromatic rings. The van der Waals surface area contributed by atoms with Crippen molar-refractivity contribution in [3.05, 3.63) is 16.1 Å². The number of hydrogen-bond acceptors (Lipinski definition) is 4. The third-order valence-corrected chi connectivity index (χ3v) is 5.20. The molecule has 21 heavy (non-hydrogen) atoms. The molecule has 1 aromatic heterocycles. The van der Waals surface area contributed by atoms with E-state index in [0.29, 0.717) is 32.2 Å². The average molecular weight is 309 g/mol. The fourth-order valence-corrected chi connectivity index (χ4v) is 3.37. The molecule has 0 bridgehead atoms. The summed E-state index contributed by atoms with van der Waals surface area (Å²) in [5, 5.41) is 6.11. The largest absolute Gasteiger partial charge is 0.372 e. The minimum absolute atomic E-state index is 0.0128. The van der Waals surface area contributed by atoms with E-state index in [0.717, 1.165) is 11.4 Å². The van der Waals surface area contributed by atoms with Gasteiger partial charge in [0, 0.05) is 17.8 Å². The lowest BCUT2D eigenvalue weighted by Crippen LogP contribution is -2.54. The molecule has 1 atom stereocenters. The average Bonchev–Trinajstić information content (AvgIpc) is 3.24. The maximum atomic E-state index is 12.3. The molecule has 2 fully saturated rings. The Labute approximate surface area is 129 Å². The van der Waals surface area contributed by atoms with Crippen LogP contribution in [0.25, 0.3) is 0 Å². The van der Waals surface area contributed by atoms with Crippen LogP contribution in [0, 0.1) is 0 Å². The second-order valence-corrected chi connectivity index (χ2v) is 7.12. The number of aromatic nitrogens is 1. The van der Waals surface area contributed by atoms with E-state index in [1.165, 1.54) is 18.5 Å². The van der Waals surface area contributed by atoms with Gasteiger partial charge >= 0.3 is 6.03 Å². The quantitative estimate of drug-likeness (QED) is 0.930. The first-order valence-electron chi connectivity index (χ1n) is 7.71. The van der Waals surface area contributed by atoms with Crippen molar-refractivity contribution in [3.8, 4) is 0 Å². The summed E-state index contributed by atoms with van der Waals surface area (Å²) in [4.78, 5) is 18.7. The molecule has 1 aliphatic heterocycles. The number of nitrogens with one attached hydrogen (secondary N) is 1. The minimum atomic E-state index is -0.212. The third kappa shape index (κ3) is 3.55. The Kier molecular flexibility index (Phi) is 4.17. The number of hydrogen-bond donors (Lipinski definition) is 1. The fourth-order valence-electron chi connectivity index (χ4n) is 2.55. The van der Waals surface area contributed by atoms with E-state index in [1.807, 2.05) is 4.90 Å². The molecule has 1 saturated carbocycles. The lowest BCUT2D eigenvalue weighted by atomic mass is 10.0. The Balaban J connectivity index is 1.51. The molecule has 2 aliphatic rings. The number of urea groups is 1. The number of ether oxygens (including phenoxy) is 1. The molecule has 0 aromatic carbocycles. The van der Waals surface area contributed by atoms with E-state index < -0.39 is 0 Å². The van der Waals surface area contributed by atoms with Gasteiger partial charge in [-0.25, -0.2) is 9.78 Å². The Morgan fingerprint density at radius 3 is 3.14 bits per heavy atom. The van der Waals surface area contributed by atoms with E-state index in [1.54, 1.807) is 11.3 Å². The Bertz CT molecular complexity index is 515. The first-order valence-corrected chi connectivity index (χ1v) is 8.58. The molecule has 116 valence electrons. The Hall–Kier alpha value is -1.14. The molecule has 0 radical (unpaired) electrons. The number of thiazole rings is 1. The first kappa shape index (κ1) is 14.8. The fraction of sp³-hybridized carbons (Fsp3) is 0.733. The smallest absolute Gasteiger partial charge is 0.317 e. The molecule has 6 heteroatoms. The molecule has 0 unspecified atom stereocenters. The van der Waals surface area contributed by atoms with Gasteiger partial charge in [-0.3, -0.25) is 0 Å². The van der Waals surface area contributed by atoms with Crippen LogP contribution < -0.4 is 5.32 Å². The zero-order valence-electron chi connectivity index (χ0n) is 12.7. The maximum absolute atomic E-state index is 12.3. The summed E-state index contributed by atoms with van der Waals surface area (Å²) in [5.41, 5.74) is 0.991. The van der Waals surface area contributed by atoms with E-state index >= 15 is 0 Å². The van der Waals surface area contributed by atoms with Gasteiger partial charge in [0.15, 0.2) is 0 Å². The lowest BCUT2D eigenvalue weighted by Gasteiger charge is -2.39. The zero-order chi connectivity index (χ0) is 14.9. The van der Waals surface area contributed by atoms with Gasteiger partial charge in [-0.2, -0.15) is 0 Å². The van der Waals surface area contributed by atoms with Crippen molar-refractivity contribution < 1.29 is 9.53 Å². The van der Waals surface area contributed by atoms with Crippen LogP contribution in [0.15, 0.2) is 5.38 Å². The zero-order valence-corrected chi connectivity index (χ0v) is 13.5. The van der Waals surface area contributed by atoms with Gasteiger partial charge in [-0.15, -0.1) is 11.3 Å². The molecule has 5 nitrogen and oxygen atoms in total. The first-order chi connectivity index (χ1) is 10.1. The van der Waals surface area contributed by atoms with Crippen molar-refractivity contribution in [2.24, 2.45) is 0 Å². The lowest BCUT2D eigenvalue weighted by molar-refractivity contribution is -0.0872. The number of carbonyl (C=O) groups excluding carboxylic acids is 1. The summed E-state index contributed by atoms with van der Waals surface area (Å²) >= 11 is 1.64. The molecule has 1 aliphatic carbocycles. The van der Waals surface area contributed by atoms with Crippen molar-refractivity contribution in [3.63, 3.8) is 0 Å². The van der Waals surface area contributed by atoms with E-state index in [4.69, 9.17) is 4.74 Å². The number of rotatable bonds is 4. The predicted octanol–water partition coefficient (Wildman–Crippen LogP) is 2.73. The van der Waals surface area contributed by atoms with Crippen LogP contribution in [0.2, 0.25) is 0 Å². The van der Waals surface area contributed by atoms with Gasteiger partial charge in [0.1, 0.15) is 5.01 Å². The summed E-state index contributed by atoms with van der Waals surface area (Å²) in [6.07, 6.45) is 3.44. The summed E-state index contributed by atoms with van der Waals surface area (Å²) in [5.74, 6) is 0.676. The number of carbonyl (C=O) groups is 1. The van der Waals surface area contributed by atoms with Gasteiger partial charge in [0.05, 0.1) is 31.0 Å². The summed E-state index contributed by atoms with van der Waals surface area (Å²) < 4.78 is 5.76. The van der Waals surface area contributed by atoms with E-state index in [9.17, 15) is 4.79 Å². The highest BCUT2D eigenvalue weighted by atomic mass is 32.1. The number of nitrogens with zero attached hydrogens (tertiary/aromatic N) is 2. The molecule has 1 N–H and O–H groups in total. The van der Waals surface area contributed by atoms with Crippen LogP contribution in [0.3, 0.4) is 0 Å². The topological polar surface area (TPSA) is 54.5 Å². The second kappa shape index (κ2) is 5.93. The van der Waals surface area contributed by atoms with Crippen molar-refractivity contribution in [2.75, 3.05) is 19.7 Å². The van der Waals surface area contributed by atoms with Gasteiger partial charge in [-0.1, -0.05) is 6.92 Å². The Morgan fingerprint density at radius 1 is 1.62 bits per heavy atom. The normalized spacial score (nSPS) is 25.9. The summed E-state index contributed by atoms with van der Waals surface area (Å²) in [6.45, 7) is 6.61. The summed E-state index contributed by atoms with van der Waals surface area (Å²) in [7, 11) is 0. The molecular formula is C15H23N3O2S. The van der Waals surface area contributed by atoms with Crippen molar-refractivity contribution in [1.29, 1.82) is 0 Å². The third-order valence-electron chi connectivity index (χ3n) is 4.33. The van der Waals surface area contributed by atoms with Crippen molar-refractivity contribution >= 4 is 17.4 Å². The van der Waals surface area contributed by atoms with Gasteiger partial charge < -0.3 is 15.0 Å². The van der Waals surface area contributed by atoms with Crippen molar-refractivity contribution in [2.45, 2.75) is 51.2 Å². The molecule has 2 amide bonds. The van der Waals surface area contributed by atoms with Gasteiger partial charge in [0.2, 0.25) is 0 Å². The second-order valence-electron chi connectivity index (χ2n) is 6.17. The minimum Gasteiger partial charge on any atom is -0.372 e. The van der Waals surface area contributed by atoms with Crippen molar-refractivity contribution in [1.82, 2.24) is 15.2 Å². The van der Waals surface area contributed by atoms with Crippen LogP contribution in [0.4, 0.5) is 4.79 Å². The maximum Gasteiger partial charge on any atom is 0.317 e. The molecule has 2 heterocycles. The van der Waals surface area contributed by atoms with Crippen LogP contribution >= 0.6 is 11.3 Å². The molecule has 1 saturated heterocycles. The highest BCUT2D eigenvalue weighted by molar-refractivity contribution is 7.09. The summed E-state index contributed by atoms with van der Waals surface area (Å²) in [6, 6.07) is -0.0128. The van der Waals surface area contributed by atoms with Gasteiger partial charge in [0.25, 0.3) is 0 Å². The van der Waals surface area contributed by atoms with Crippen LogP contribution in [-0.2, 0) is 11.3 Å². The molecule has 3 rings (SSSR count). The van der Waals surface area contributed by atoms with Gasteiger partial charge in [-0.05, 0) is 26.2 Å². The van der Waals surface area contributed by atoms with E-state index in [2.05, 4.69) is 29.5 Å². The van der Waals surface area contributed by atoms with Crippen LogP contribution in [0.5, 0.6) is 0 Å². The molecule has 0 spiro atoms. The standard InChI is InChI=1S/C15H23N3O2S/c1-3-15(2)10-18(6-7-20-15)14(19)16-8-13-17-12(9-21-13)11-4-5-11/h9,11H,3-8,10H2,1-2H3,(H,16,19)/t15-/m0/s1. The highest BCUT2D eigenvalue weighted by Gasteiger charge is 2.32. The number of morpholine rings is 1.